The second kappa shape index (κ2) is 10.4. The summed E-state index contributed by atoms with van der Waals surface area (Å²) in [5, 5.41) is 5.11. The smallest absolute Gasteiger partial charge is 0.229 e. The molecule has 1 N–H and O–H groups in total. The second-order valence-corrected chi connectivity index (χ2v) is 7.11. The Balaban J connectivity index is 0.00000289. The Kier molecular flexibility index (Phi) is 7.61. The van der Waals surface area contributed by atoms with Crippen LogP contribution in [0.15, 0.2) is 48.7 Å². The number of nitrogens with one attached hydrogen (secondary N) is 1. The molecule has 9 heteroatoms. The second-order valence-electron chi connectivity index (χ2n) is 7.11. The summed E-state index contributed by atoms with van der Waals surface area (Å²) in [5.74, 6) is 2.79. The Morgan fingerprint density at radius 2 is 1.72 bits per heavy atom. The van der Waals surface area contributed by atoms with Crippen molar-refractivity contribution < 1.29 is 19.0 Å². The molecule has 170 valence electrons. The van der Waals surface area contributed by atoms with E-state index in [1.165, 1.54) is 5.56 Å². The van der Waals surface area contributed by atoms with Crippen LogP contribution in [0.5, 0.6) is 17.2 Å². The monoisotopic (exact) mass is 458 g/mol. The highest BCUT2D eigenvalue weighted by molar-refractivity contribution is 5.85. The summed E-state index contributed by atoms with van der Waals surface area (Å²) in [4.78, 5) is 15.1. The van der Waals surface area contributed by atoms with Gasteiger partial charge in [0.1, 0.15) is 0 Å². The molecule has 0 amide bonds. The van der Waals surface area contributed by atoms with Crippen molar-refractivity contribution in [3.63, 3.8) is 0 Å². The highest BCUT2D eigenvalue weighted by Crippen LogP contribution is 2.41. The zero-order chi connectivity index (χ0) is 21.8. The van der Waals surface area contributed by atoms with Gasteiger partial charge in [0, 0.05) is 36.0 Å². The zero-order valence-electron chi connectivity index (χ0n) is 18.5. The summed E-state index contributed by atoms with van der Waals surface area (Å²) in [6, 6.07) is 14.0. The van der Waals surface area contributed by atoms with E-state index in [1.54, 1.807) is 27.5 Å². The van der Waals surface area contributed by atoms with E-state index in [0.717, 1.165) is 17.8 Å². The molecule has 1 aromatic heterocycles. The summed E-state index contributed by atoms with van der Waals surface area (Å²) in [5.41, 5.74) is 2.83. The average molecular weight is 459 g/mol. The molecule has 32 heavy (non-hydrogen) atoms. The number of ether oxygens (including phenoxy) is 3. The van der Waals surface area contributed by atoms with Gasteiger partial charge in [-0.15, -0.1) is 12.4 Å². The Hall–Kier alpha value is -3.23. The molecule has 0 saturated carbocycles. The van der Waals surface area contributed by atoms with Crippen LogP contribution in [-0.2, 0) is 4.84 Å². The third kappa shape index (κ3) is 4.66. The summed E-state index contributed by atoms with van der Waals surface area (Å²) >= 11 is 0. The Morgan fingerprint density at radius 3 is 2.34 bits per heavy atom. The van der Waals surface area contributed by atoms with Gasteiger partial charge in [0.05, 0.1) is 34.0 Å². The molecule has 2 aromatic carbocycles. The molecule has 3 aromatic rings. The first-order chi connectivity index (χ1) is 15.1. The molecule has 1 saturated heterocycles. The minimum atomic E-state index is 0. The van der Waals surface area contributed by atoms with Crippen molar-refractivity contribution in [2.24, 2.45) is 0 Å². The number of hydrogen-bond donors (Lipinski definition) is 1. The van der Waals surface area contributed by atoms with E-state index < -0.39 is 0 Å². The predicted molar refractivity (Wildman–Crippen MR) is 126 cm³/mol. The fraction of sp³-hybridized carbons (Fsp3) is 0.304. The van der Waals surface area contributed by atoms with Gasteiger partial charge in [0.25, 0.3) is 0 Å². The number of methoxy groups -OCH3 is 3. The van der Waals surface area contributed by atoms with Gasteiger partial charge < -0.3 is 19.5 Å². The summed E-state index contributed by atoms with van der Waals surface area (Å²) < 4.78 is 16.2. The highest BCUT2D eigenvalue weighted by Gasteiger charge is 2.30. The molecule has 2 heterocycles. The van der Waals surface area contributed by atoms with Gasteiger partial charge in [-0.2, -0.15) is 4.98 Å². The Labute approximate surface area is 193 Å². The molecule has 4 rings (SSSR count). The molecule has 8 nitrogen and oxygen atoms in total. The lowest BCUT2D eigenvalue weighted by molar-refractivity contribution is 0.156. The molecule has 1 atom stereocenters. The quantitative estimate of drug-likeness (QED) is 0.537. The standard InChI is InChI=1S/C23H26N4O4.ClH/c1-15-14-24-23(25-17-12-19(28-2)21(30-4)20(13-17)29-3)26-22(15)27-18(10-11-31-27)16-8-6-5-7-9-16;/h5-9,12-14,18H,10-11H2,1-4H3,(H,24,25,26);1H/t18-;/m0./s1. The van der Waals surface area contributed by atoms with Crippen LogP contribution in [0.2, 0.25) is 0 Å². The van der Waals surface area contributed by atoms with Crippen molar-refractivity contribution >= 4 is 29.9 Å². The van der Waals surface area contributed by atoms with Gasteiger partial charge in [-0.05, 0) is 12.5 Å². The Morgan fingerprint density at radius 1 is 1.03 bits per heavy atom. The van der Waals surface area contributed by atoms with Crippen LogP contribution < -0.4 is 24.6 Å². The molecule has 0 spiro atoms. The topological polar surface area (TPSA) is 78.0 Å². The van der Waals surface area contributed by atoms with Crippen LogP contribution in [-0.4, -0.2) is 37.9 Å². The summed E-state index contributed by atoms with van der Waals surface area (Å²) in [7, 11) is 4.73. The lowest BCUT2D eigenvalue weighted by Gasteiger charge is -2.25. The molecular formula is C23H27ClN4O4. The maximum atomic E-state index is 5.95. The van der Waals surface area contributed by atoms with E-state index in [4.69, 9.17) is 24.0 Å². The van der Waals surface area contributed by atoms with Crippen LogP contribution in [0.25, 0.3) is 0 Å². The van der Waals surface area contributed by atoms with Crippen LogP contribution in [0.3, 0.4) is 0 Å². The first-order valence-electron chi connectivity index (χ1n) is 10.0. The van der Waals surface area contributed by atoms with E-state index in [0.29, 0.717) is 35.5 Å². The van der Waals surface area contributed by atoms with E-state index in [-0.39, 0.29) is 18.4 Å². The van der Waals surface area contributed by atoms with E-state index in [2.05, 4.69) is 22.4 Å². The number of hydroxylamine groups is 1. The number of halogens is 1. The van der Waals surface area contributed by atoms with Gasteiger partial charge in [-0.25, -0.2) is 10.0 Å². The SMILES string of the molecule is COc1cc(Nc2ncc(C)c(N3OCC[C@H]3c3ccccc3)n2)cc(OC)c1OC.Cl. The van der Waals surface area contributed by atoms with Crippen molar-refractivity contribution in [1.29, 1.82) is 0 Å². The molecule has 1 aliphatic heterocycles. The third-order valence-electron chi connectivity index (χ3n) is 5.16. The molecule has 0 radical (unpaired) electrons. The third-order valence-corrected chi connectivity index (χ3v) is 5.16. The van der Waals surface area contributed by atoms with E-state index in [9.17, 15) is 0 Å². The van der Waals surface area contributed by atoms with Gasteiger partial charge in [-0.3, -0.25) is 4.84 Å². The number of benzene rings is 2. The summed E-state index contributed by atoms with van der Waals surface area (Å²) in [6.45, 7) is 2.61. The van der Waals surface area contributed by atoms with Crippen LogP contribution in [0, 0.1) is 6.92 Å². The van der Waals surface area contributed by atoms with Crippen molar-refractivity contribution in [3.8, 4) is 17.2 Å². The number of anilines is 3. The minimum absolute atomic E-state index is 0. The number of hydrogen-bond acceptors (Lipinski definition) is 8. The molecule has 1 aliphatic rings. The first kappa shape index (κ1) is 23.4. The van der Waals surface area contributed by atoms with Crippen molar-refractivity contribution in [1.82, 2.24) is 9.97 Å². The fourth-order valence-electron chi connectivity index (χ4n) is 3.65. The van der Waals surface area contributed by atoms with Gasteiger partial charge in [0.2, 0.25) is 11.7 Å². The number of aromatic nitrogens is 2. The number of nitrogens with zero attached hydrogens (tertiary/aromatic N) is 3. The maximum Gasteiger partial charge on any atom is 0.229 e. The van der Waals surface area contributed by atoms with Crippen molar-refractivity contribution in [2.45, 2.75) is 19.4 Å². The van der Waals surface area contributed by atoms with Gasteiger partial charge in [-0.1, -0.05) is 30.3 Å². The minimum Gasteiger partial charge on any atom is -0.493 e. The zero-order valence-corrected chi connectivity index (χ0v) is 19.3. The Bertz CT molecular complexity index is 1030. The maximum absolute atomic E-state index is 5.95. The number of aryl methyl sites for hydroxylation is 1. The van der Waals surface area contributed by atoms with E-state index >= 15 is 0 Å². The van der Waals surface area contributed by atoms with Crippen LogP contribution >= 0.6 is 12.4 Å². The molecule has 1 fully saturated rings. The fourth-order valence-corrected chi connectivity index (χ4v) is 3.65. The normalized spacial score (nSPS) is 15.1. The average Bonchev–Trinajstić information content (AvgIpc) is 3.30. The first-order valence-corrected chi connectivity index (χ1v) is 10.0. The van der Waals surface area contributed by atoms with Crippen molar-refractivity contribution in [2.75, 3.05) is 38.3 Å². The predicted octanol–water partition coefficient (Wildman–Crippen LogP) is 4.86. The molecule has 0 aliphatic carbocycles. The van der Waals surface area contributed by atoms with Crippen LogP contribution in [0.4, 0.5) is 17.5 Å². The summed E-state index contributed by atoms with van der Waals surface area (Å²) in [6.07, 6.45) is 2.68. The highest BCUT2D eigenvalue weighted by atomic mass is 35.5. The lowest BCUT2D eigenvalue weighted by Crippen LogP contribution is -2.23. The number of rotatable bonds is 7. The molecular weight excluding hydrogens is 432 g/mol. The van der Waals surface area contributed by atoms with Gasteiger partial charge >= 0.3 is 0 Å². The van der Waals surface area contributed by atoms with Gasteiger partial charge in [0.15, 0.2) is 17.3 Å². The van der Waals surface area contributed by atoms with E-state index in [1.807, 2.05) is 42.3 Å². The molecule has 0 bridgehead atoms. The van der Waals surface area contributed by atoms with Crippen molar-refractivity contribution in [3.05, 3.63) is 59.8 Å². The largest absolute Gasteiger partial charge is 0.493 e. The molecule has 0 unspecified atom stereocenters. The lowest BCUT2D eigenvalue weighted by atomic mass is 10.0. The van der Waals surface area contributed by atoms with Crippen LogP contribution in [0.1, 0.15) is 23.6 Å².